The van der Waals surface area contributed by atoms with Crippen molar-refractivity contribution >= 4 is 28.6 Å². The number of para-hydroxylation sites is 2. The predicted octanol–water partition coefficient (Wildman–Crippen LogP) is 2.08. The number of imide groups is 1. The monoisotopic (exact) mass is 362 g/mol. The van der Waals surface area contributed by atoms with Crippen LogP contribution in [0.1, 0.15) is 31.0 Å². The number of amides is 2. The number of H-pyrrole nitrogens is 1. The molecule has 4 rings (SSSR count). The fourth-order valence-corrected chi connectivity index (χ4v) is 3.85. The first-order valence-corrected chi connectivity index (χ1v) is 8.97. The normalized spacial score (nSPS) is 22.7. The Labute approximate surface area is 155 Å². The van der Waals surface area contributed by atoms with Crippen LogP contribution in [0.4, 0.5) is 0 Å². The number of ketones is 1. The molecule has 1 aliphatic heterocycles. The average Bonchev–Trinajstić information content (AvgIpc) is 3.21. The number of carbonyl (C=O) groups is 3. The van der Waals surface area contributed by atoms with Crippen molar-refractivity contribution in [3.63, 3.8) is 0 Å². The van der Waals surface area contributed by atoms with E-state index in [2.05, 4.69) is 9.97 Å². The molecule has 1 saturated heterocycles. The molecule has 2 aromatic rings. The number of likely N-dealkylation sites (tertiary alicyclic amines) is 1. The first kappa shape index (κ1) is 17.2. The number of nitrogens with zero attached hydrogens (tertiary/aromatic N) is 3. The number of allylic oxidation sites excluding steroid dienone is 2. The molecule has 7 heteroatoms. The third-order valence-corrected chi connectivity index (χ3v) is 5.31. The van der Waals surface area contributed by atoms with Crippen molar-refractivity contribution in [1.82, 2.24) is 14.9 Å². The topological polar surface area (TPSA) is 107 Å². The lowest BCUT2D eigenvalue weighted by Crippen LogP contribution is -2.33. The third kappa shape index (κ3) is 2.93. The zero-order valence-corrected chi connectivity index (χ0v) is 14.6. The maximum Gasteiger partial charge on any atom is 0.233 e. The average molecular weight is 362 g/mol. The number of nitrogens with one attached hydrogen (secondary N) is 1. The molecule has 0 bridgehead atoms. The van der Waals surface area contributed by atoms with E-state index in [0.29, 0.717) is 24.2 Å². The van der Waals surface area contributed by atoms with Crippen LogP contribution in [0.25, 0.3) is 11.0 Å². The minimum atomic E-state index is -1.05. The summed E-state index contributed by atoms with van der Waals surface area (Å²) in [6, 6.07) is 9.27. The number of aromatic nitrogens is 2. The number of rotatable bonds is 5. The number of aromatic amines is 1. The Balaban J connectivity index is 1.46. The molecule has 2 aliphatic rings. The van der Waals surface area contributed by atoms with Crippen molar-refractivity contribution in [2.24, 2.45) is 11.8 Å². The second-order valence-electron chi connectivity index (χ2n) is 6.90. The van der Waals surface area contributed by atoms with Crippen LogP contribution in [0.3, 0.4) is 0 Å². The van der Waals surface area contributed by atoms with E-state index in [1.54, 1.807) is 6.07 Å². The summed E-state index contributed by atoms with van der Waals surface area (Å²) in [7, 11) is 0. The highest BCUT2D eigenvalue weighted by Crippen LogP contribution is 2.35. The van der Waals surface area contributed by atoms with Gasteiger partial charge in [-0.2, -0.15) is 5.26 Å². The fourth-order valence-electron chi connectivity index (χ4n) is 3.85. The minimum Gasteiger partial charge on any atom is -0.340 e. The van der Waals surface area contributed by atoms with Gasteiger partial charge in [-0.05, 0) is 25.0 Å². The molecule has 27 heavy (non-hydrogen) atoms. The molecule has 0 saturated carbocycles. The molecule has 136 valence electrons. The Kier molecular flexibility index (Phi) is 4.32. The first-order valence-electron chi connectivity index (χ1n) is 8.97. The first-order chi connectivity index (χ1) is 13.1. The van der Waals surface area contributed by atoms with Crippen LogP contribution in [0.5, 0.6) is 0 Å². The molecule has 2 amide bonds. The molecule has 0 spiro atoms. The van der Waals surface area contributed by atoms with E-state index in [-0.39, 0.29) is 42.4 Å². The van der Waals surface area contributed by atoms with Gasteiger partial charge >= 0.3 is 0 Å². The SMILES string of the molecule is N#C[C@H](C(=O)CCN1C(=O)[C@H]2CC=CC[C@H]2C1=O)c1nc2ccccc2[nH]1. The maximum absolute atomic E-state index is 12.6. The van der Waals surface area contributed by atoms with Gasteiger partial charge in [0.1, 0.15) is 5.82 Å². The van der Waals surface area contributed by atoms with Crippen LogP contribution in [-0.2, 0) is 14.4 Å². The molecule has 1 aromatic carbocycles. The van der Waals surface area contributed by atoms with Gasteiger partial charge < -0.3 is 4.98 Å². The van der Waals surface area contributed by atoms with Gasteiger partial charge in [-0.3, -0.25) is 19.3 Å². The number of Topliss-reactive ketones (excluding diaryl/α,β-unsaturated/α-hetero) is 1. The van der Waals surface area contributed by atoms with Gasteiger partial charge in [-0.15, -0.1) is 0 Å². The Hall–Kier alpha value is -3.27. The van der Waals surface area contributed by atoms with E-state index >= 15 is 0 Å². The molecular weight excluding hydrogens is 344 g/mol. The molecule has 7 nitrogen and oxygen atoms in total. The molecule has 0 unspecified atom stereocenters. The number of imidazole rings is 1. The summed E-state index contributed by atoms with van der Waals surface area (Å²) in [6.07, 6.45) is 4.93. The minimum absolute atomic E-state index is 0.0158. The summed E-state index contributed by atoms with van der Waals surface area (Å²) < 4.78 is 0. The fraction of sp³-hybridized carbons (Fsp3) is 0.350. The largest absolute Gasteiger partial charge is 0.340 e. The van der Waals surface area contributed by atoms with Crippen LogP contribution < -0.4 is 0 Å². The highest BCUT2D eigenvalue weighted by Gasteiger charge is 2.47. The van der Waals surface area contributed by atoms with Gasteiger partial charge in [-0.25, -0.2) is 4.98 Å². The summed E-state index contributed by atoms with van der Waals surface area (Å²) in [5.74, 6) is -2.14. The Morgan fingerprint density at radius 3 is 2.52 bits per heavy atom. The van der Waals surface area contributed by atoms with E-state index < -0.39 is 5.92 Å². The highest BCUT2D eigenvalue weighted by molar-refractivity contribution is 6.05. The predicted molar refractivity (Wildman–Crippen MR) is 96.1 cm³/mol. The van der Waals surface area contributed by atoms with Gasteiger partial charge in [-0.1, -0.05) is 24.3 Å². The van der Waals surface area contributed by atoms with E-state index in [9.17, 15) is 19.6 Å². The molecule has 1 N–H and O–H groups in total. The van der Waals surface area contributed by atoms with Crippen molar-refractivity contribution in [2.45, 2.75) is 25.2 Å². The molecule has 3 atom stereocenters. The van der Waals surface area contributed by atoms with Crippen molar-refractivity contribution in [3.05, 3.63) is 42.2 Å². The summed E-state index contributed by atoms with van der Waals surface area (Å²) >= 11 is 0. The molecule has 0 radical (unpaired) electrons. The van der Waals surface area contributed by atoms with E-state index in [4.69, 9.17) is 0 Å². The summed E-state index contributed by atoms with van der Waals surface area (Å²) in [5, 5.41) is 9.45. The van der Waals surface area contributed by atoms with Gasteiger partial charge in [0.2, 0.25) is 11.8 Å². The molecule has 1 aromatic heterocycles. The van der Waals surface area contributed by atoms with Crippen molar-refractivity contribution < 1.29 is 14.4 Å². The third-order valence-electron chi connectivity index (χ3n) is 5.31. The number of benzene rings is 1. The van der Waals surface area contributed by atoms with E-state index in [1.807, 2.05) is 36.4 Å². The van der Waals surface area contributed by atoms with Crippen LogP contribution in [0.2, 0.25) is 0 Å². The van der Waals surface area contributed by atoms with Crippen LogP contribution >= 0.6 is 0 Å². The number of fused-ring (bicyclic) bond motifs is 2. The lowest BCUT2D eigenvalue weighted by molar-refractivity contribution is -0.140. The Bertz CT molecular complexity index is 941. The van der Waals surface area contributed by atoms with E-state index in [0.717, 1.165) is 5.52 Å². The van der Waals surface area contributed by atoms with Crippen molar-refractivity contribution in [1.29, 1.82) is 5.26 Å². The zero-order chi connectivity index (χ0) is 19.0. The zero-order valence-electron chi connectivity index (χ0n) is 14.6. The number of hydrogen-bond acceptors (Lipinski definition) is 5. The lowest BCUT2D eigenvalue weighted by Gasteiger charge is -2.14. The summed E-state index contributed by atoms with van der Waals surface area (Å²) in [5.41, 5.74) is 1.43. The van der Waals surface area contributed by atoms with Gasteiger partial charge in [0.05, 0.1) is 28.9 Å². The molecule has 1 fully saturated rings. The Morgan fingerprint density at radius 1 is 1.22 bits per heavy atom. The van der Waals surface area contributed by atoms with Gasteiger partial charge in [0.15, 0.2) is 11.7 Å². The number of hydrogen-bond donors (Lipinski definition) is 1. The second kappa shape index (κ2) is 6.80. The molecule has 2 heterocycles. The smallest absolute Gasteiger partial charge is 0.233 e. The van der Waals surface area contributed by atoms with Crippen LogP contribution in [0.15, 0.2) is 36.4 Å². The Morgan fingerprint density at radius 2 is 1.89 bits per heavy atom. The number of nitriles is 1. The summed E-state index contributed by atoms with van der Waals surface area (Å²) in [4.78, 5) is 46.0. The van der Waals surface area contributed by atoms with Crippen LogP contribution in [0, 0.1) is 23.2 Å². The highest BCUT2D eigenvalue weighted by atomic mass is 16.2. The standard InChI is InChI=1S/C20H18N4O3/c21-11-14(18-22-15-7-3-4-8-16(15)23-18)17(25)9-10-24-19(26)12-5-1-2-6-13(12)20(24)27/h1-4,7-8,12-14H,5-6,9-10H2,(H,22,23)/t12-,13+,14-/m1/s1. The van der Waals surface area contributed by atoms with Crippen LogP contribution in [-0.4, -0.2) is 39.0 Å². The quantitative estimate of drug-likeness (QED) is 0.647. The van der Waals surface area contributed by atoms with Gasteiger partial charge in [0, 0.05) is 13.0 Å². The lowest BCUT2D eigenvalue weighted by atomic mass is 9.85. The van der Waals surface area contributed by atoms with Gasteiger partial charge in [0.25, 0.3) is 0 Å². The van der Waals surface area contributed by atoms with E-state index in [1.165, 1.54) is 4.90 Å². The molecule has 1 aliphatic carbocycles. The maximum atomic E-state index is 12.6. The molecular formula is C20H18N4O3. The second-order valence-corrected chi connectivity index (χ2v) is 6.90. The van der Waals surface area contributed by atoms with Crippen molar-refractivity contribution in [2.75, 3.05) is 6.54 Å². The van der Waals surface area contributed by atoms with Crippen molar-refractivity contribution in [3.8, 4) is 6.07 Å². The summed E-state index contributed by atoms with van der Waals surface area (Å²) in [6.45, 7) is 0.0158. The number of carbonyl (C=O) groups excluding carboxylic acids is 3.